The summed E-state index contributed by atoms with van der Waals surface area (Å²) < 4.78 is 12.0. The first-order valence-corrected chi connectivity index (χ1v) is 13.3. The molecule has 1 aliphatic rings. The molecule has 2 heterocycles. The summed E-state index contributed by atoms with van der Waals surface area (Å²) in [5.41, 5.74) is 4.85. The lowest BCUT2D eigenvalue weighted by Gasteiger charge is -2.24. The molecule has 198 valence electrons. The Labute approximate surface area is 221 Å². The summed E-state index contributed by atoms with van der Waals surface area (Å²) >= 11 is 0. The first-order valence-electron chi connectivity index (χ1n) is 13.3. The molecule has 1 aromatic carbocycles. The molecule has 1 fully saturated rings. The van der Waals surface area contributed by atoms with E-state index in [1.54, 1.807) is 13.4 Å². The fraction of sp³-hybridized carbons (Fsp3) is 0.467. The Morgan fingerprint density at radius 1 is 1.11 bits per heavy atom. The van der Waals surface area contributed by atoms with Crippen LogP contribution in [0.3, 0.4) is 0 Å². The van der Waals surface area contributed by atoms with Crippen molar-refractivity contribution in [2.45, 2.75) is 59.0 Å². The van der Waals surface area contributed by atoms with Gasteiger partial charge >= 0.3 is 0 Å². The molecule has 0 aliphatic carbocycles. The van der Waals surface area contributed by atoms with E-state index < -0.39 is 0 Å². The first-order chi connectivity index (χ1) is 18.1. The van der Waals surface area contributed by atoms with Crippen molar-refractivity contribution in [3.8, 4) is 5.75 Å². The summed E-state index contributed by atoms with van der Waals surface area (Å²) in [6.45, 7) is 8.37. The predicted octanol–water partition coefficient (Wildman–Crippen LogP) is 6.36. The van der Waals surface area contributed by atoms with Crippen LogP contribution in [0.5, 0.6) is 5.75 Å². The lowest BCUT2D eigenvalue weighted by molar-refractivity contribution is 0.0261. The van der Waals surface area contributed by atoms with Gasteiger partial charge in [0.25, 0.3) is 0 Å². The maximum Gasteiger partial charge on any atom is 0.146 e. The fourth-order valence-corrected chi connectivity index (χ4v) is 4.10. The molecule has 0 amide bonds. The highest BCUT2D eigenvalue weighted by atomic mass is 16.5. The molecule has 1 aromatic heterocycles. The van der Waals surface area contributed by atoms with Gasteiger partial charge < -0.3 is 14.8 Å². The molecule has 0 unspecified atom stereocenters. The molecule has 1 saturated heterocycles. The standard InChI is InChI=1S/C30H41N5O2/c1-6-8-9-11-27(32-5)24-18-26-29(28(19-24)37-25-14-16-36-17-15-25)34-21-35-30(26)33-20-23(10-7-2)13-12-22(3)31-4/h9-13,18-19,21,25H,6-8,14-17,20H2,1-5H3,(H,33,34,35)/b11-9-,13-12-,23-10-,31-22?,32-27?. The number of anilines is 1. The highest BCUT2D eigenvalue weighted by molar-refractivity contribution is 6.11. The number of hydrogen-bond donors (Lipinski definition) is 1. The molecule has 0 spiro atoms. The number of fused-ring (bicyclic) bond motifs is 1. The number of hydrogen-bond acceptors (Lipinski definition) is 7. The van der Waals surface area contributed by atoms with E-state index in [1.165, 1.54) is 5.57 Å². The number of rotatable bonds is 12. The van der Waals surface area contributed by atoms with E-state index >= 15 is 0 Å². The molecule has 7 nitrogen and oxygen atoms in total. The van der Waals surface area contributed by atoms with Gasteiger partial charge in [-0.1, -0.05) is 38.5 Å². The smallest absolute Gasteiger partial charge is 0.146 e. The summed E-state index contributed by atoms with van der Waals surface area (Å²) in [5.74, 6) is 1.53. The van der Waals surface area contributed by atoms with Crippen LogP contribution in [0.2, 0.25) is 0 Å². The quantitative estimate of drug-likeness (QED) is 0.269. The van der Waals surface area contributed by atoms with E-state index in [9.17, 15) is 0 Å². The topological polar surface area (TPSA) is 81.0 Å². The monoisotopic (exact) mass is 503 g/mol. The second-order valence-corrected chi connectivity index (χ2v) is 9.06. The third-order valence-electron chi connectivity index (χ3n) is 6.25. The van der Waals surface area contributed by atoms with E-state index in [4.69, 9.17) is 9.47 Å². The average Bonchev–Trinajstić information content (AvgIpc) is 2.93. The van der Waals surface area contributed by atoms with Crippen molar-refractivity contribution in [1.82, 2.24) is 9.97 Å². The van der Waals surface area contributed by atoms with Gasteiger partial charge in [0, 0.05) is 50.1 Å². The number of benzene rings is 1. The van der Waals surface area contributed by atoms with Crippen molar-refractivity contribution in [3.63, 3.8) is 0 Å². The Bertz CT molecular complexity index is 1170. The summed E-state index contributed by atoms with van der Waals surface area (Å²) in [6, 6.07) is 4.17. The molecular formula is C30H41N5O2. The van der Waals surface area contributed by atoms with Crippen molar-refractivity contribution < 1.29 is 9.47 Å². The van der Waals surface area contributed by atoms with Gasteiger partial charge in [-0.25, -0.2) is 9.97 Å². The minimum Gasteiger partial charge on any atom is -0.488 e. The first kappa shape index (κ1) is 28.3. The Balaban J connectivity index is 2.01. The van der Waals surface area contributed by atoms with Crippen LogP contribution in [0.4, 0.5) is 5.82 Å². The molecule has 1 N–H and O–H groups in total. The van der Waals surface area contributed by atoms with Crippen LogP contribution in [0.1, 0.15) is 58.4 Å². The molecule has 7 heteroatoms. The van der Waals surface area contributed by atoms with Gasteiger partial charge in [0.1, 0.15) is 29.5 Å². The minimum atomic E-state index is 0.101. The van der Waals surface area contributed by atoms with Crippen molar-refractivity contribution in [2.75, 3.05) is 39.2 Å². The van der Waals surface area contributed by atoms with Crippen LogP contribution in [-0.2, 0) is 4.74 Å². The second-order valence-electron chi connectivity index (χ2n) is 9.06. The Hall–Kier alpha value is -3.32. The van der Waals surface area contributed by atoms with Crippen LogP contribution in [0, 0.1) is 0 Å². The van der Waals surface area contributed by atoms with Gasteiger partial charge in [-0.15, -0.1) is 0 Å². The number of ether oxygens (including phenoxy) is 2. The molecule has 0 saturated carbocycles. The molecule has 1 aliphatic heterocycles. The lowest BCUT2D eigenvalue weighted by Crippen LogP contribution is -2.26. The van der Waals surface area contributed by atoms with Gasteiger partial charge in [0.15, 0.2) is 0 Å². The van der Waals surface area contributed by atoms with E-state index in [1.807, 2.05) is 20.0 Å². The predicted molar refractivity (Wildman–Crippen MR) is 156 cm³/mol. The summed E-state index contributed by atoms with van der Waals surface area (Å²) in [7, 11) is 3.63. The molecule has 0 atom stereocenters. The maximum atomic E-state index is 6.51. The number of aromatic nitrogens is 2. The van der Waals surface area contributed by atoms with Gasteiger partial charge in [-0.2, -0.15) is 0 Å². The molecule has 0 bridgehead atoms. The SMILES string of the molecule is CC/C=C(/C=C\C(C)=NC)CNc1ncnc2c(OC3CCOCC3)cc(C(/C=C\CCC)=NC)cc12. The second kappa shape index (κ2) is 15.1. The van der Waals surface area contributed by atoms with Crippen LogP contribution in [-0.4, -0.2) is 61.3 Å². The Morgan fingerprint density at radius 2 is 1.92 bits per heavy atom. The van der Waals surface area contributed by atoms with E-state index in [-0.39, 0.29) is 6.10 Å². The third-order valence-corrected chi connectivity index (χ3v) is 6.25. The molecule has 37 heavy (non-hydrogen) atoms. The van der Waals surface area contributed by atoms with Gasteiger partial charge in [-0.05, 0) is 49.6 Å². The number of nitrogens with zero attached hydrogens (tertiary/aromatic N) is 4. The number of allylic oxidation sites excluding steroid dienone is 4. The van der Waals surface area contributed by atoms with E-state index in [2.05, 4.69) is 75.6 Å². The van der Waals surface area contributed by atoms with Crippen molar-refractivity contribution >= 4 is 28.1 Å². The van der Waals surface area contributed by atoms with Gasteiger partial charge in [0.05, 0.1) is 18.9 Å². The molecule has 0 radical (unpaired) electrons. The molecular weight excluding hydrogens is 462 g/mol. The van der Waals surface area contributed by atoms with Gasteiger partial charge in [-0.3, -0.25) is 9.98 Å². The number of unbranched alkanes of at least 4 members (excludes halogenated alkanes) is 1. The summed E-state index contributed by atoms with van der Waals surface area (Å²) in [5, 5.41) is 4.45. The van der Waals surface area contributed by atoms with E-state index in [0.29, 0.717) is 19.8 Å². The number of nitrogens with one attached hydrogen (secondary N) is 1. The summed E-state index contributed by atoms with van der Waals surface area (Å²) in [6.07, 6.45) is 17.1. The Kier molecular flexibility index (Phi) is 11.5. The fourth-order valence-electron chi connectivity index (χ4n) is 4.10. The van der Waals surface area contributed by atoms with Crippen molar-refractivity contribution in [1.29, 1.82) is 0 Å². The molecule has 2 aromatic rings. The number of aliphatic imine (C=N–C) groups is 2. The zero-order chi connectivity index (χ0) is 26.5. The minimum absolute atomic E-state index is 0.101. The third kappa shape index (κ3) is 8.35. The molecule has 3 rings (SSSR count). The maximum absolute atomic E-state index is 6.51. The van der Waals surface area contributed by atoms with Crippen molar-refractivity contribution in [2.24, 2.45) is 9.98 Å². The van der Waals surface area contributed by atoms with Gasteiger partial charge in [0.2, 0.25) is 0 Å². The van der Waals surface area contributed by atoms with Crippen LogP contribution < -0.4 is 10.1 Å². The van der Waals surface area contributed by atoms with E-state index in [0.717, 1.165) is 71.6 Å². The normalized spacial score (nSPS) is 16.3. The largest absolute Gasteiger partial charge is 0.488 e. The van der Waals surface area contributed by atoms with Crippen LogP contribution in [0.15, 0.2) is 64.4 Å². The highest BCUT2D eigenvalue weighted by Gasteiger charge is 2.19. The van der Waals surface area contributed by atoms with Crippen LogP contribution in [0.25, 0.3) is 10.9 Å². The van der Waals surface area contributed by atoms with Crippen LogP contribution >= 0.6 is 0 Å². The highest BCUT2D eigenvalue weighted by Crippen LogP contribution is 2.32. The van der Waals surface area contributed by atoms with Crippen molar-refractivity contribution in [3.05, 3.63) is 60.0 Å². The zero-order valence-electron chi connectivity index (χ0n) is 23.0. The zero-order valence-corrected chi connectivity index (χ0v) is 23.0. The lowest BCUT2D eigenvalue weighted by atomic mass is 10.0. The Morgan fingerprint density at radius 3 is 2.62 bits per heavy atom. The average molecular weight is 504 g/mol. The summed E-state index contributed by atoms with van der Waals surface area (Å²) in [4.78, 5) is 18.0.